The second-order valence-corrected chi connectivity index (χ2v) is 6.90. The lowest BCUT2D eigenvalue weighted by Crippen LogP contribution is -2.44. The van der Waals surface area contributed by atoms with Gasteiger partial charge in [0.2, 0.25) is 0 Å². The third-order valence-corrected chi connectivity index (χ3v) is 5.32. The summed E-state index contributed by atoms with van der Waals surface area (Å²) in [7, 11) is 0. The SMILES string of the molecule is Clc1ccc2nc(N3CCC(N4CCCC4)CC3)ccc2c1. The molecule has 0 saturated carbocycles. The quantitative estimate of drug-likeness (QED) is 0.836. The van der Waals surface area contributed by atoms with Crippen LogP contribution in [0.15, 0.2) is 30.3 Å². The van der Waals surface area contributed by atoms with Crippen LogP contribution in [0.25, 0.3) is 10.9 Å². The molecule has 0 aliphatic carbocycles. The summed E-state index contributed by atoms with van der Waals surface area (Å²) in [6.45, 7) is 4.85. The Kier molecular flexibility index (Phi) is 3.93. The molecule has 0 radical (unpaired) electrons. The lowest BCUT2D eigenvalue weighted by molar-refractivity contribution is 0.207. The van der Waals surface area contributed by atoms with Crippen molar-refractivity contribution in [2.45, 2.75) is 31.7 Å². The van der Waals surface area contributed by atoms with E-state index in [4.69, 9.17) is 16.6 Å². The second-order valence-electron chi connectivity index (χ2n) is 6.47. The molecule has 1 aromatic heterocycles. The van der Waals surface area contributed by atoms with Gasteiger partial charge in [-0.2, -0.15) is 0 Å². The smallest absolute Gasteiger partial charge is 0.129 e. The minimum atomic E-state index is 0.772. The zero-order valence-electron chi connectivity index (χ0n) is 12.8. The molecule has 0 unspecified atom stereocenters. The first-order valence-electron chi connectivity index (χ1n) is 8.35. The van der Waals surface area contributed by atoms with Gasteiger partial charge in [-0.05, 0) is 69.1 Å². The molecule has 2 aliphatic rings. The van der Waals surface area contributed by atoms with E-state index in [2.05, 4.69) is 21.9 Å². The Hall–Kier alpha value is -1.32. The number of halogens is 1. The Labute approximate surface area is 136 Å². The maximum Gasteiger partial charge on any atom is 0.129 e. The van der Waals surface area contributed by atoms with Crippen molar-refractivity contribution in [3.05, 3.63) is 35.4 Å². The number of nitrogens with zero attached hydrogens (tertiary/aromatic N) is 3. The molecule has 4 heteroatoms. The molecule has 0 amide bonds. The Morgan fingerprint density at radius 3 is 2.50 bits per heavy atom. The molecule has 2 aromatic rings. The summed E-state index contributed by atoms with van der Waals surface area (Å²) in [5.41, 5.74) is 1.03. The van der Waals surface area contributed by atoms with E-state index < -0.39 is 0 Å². The van der Waals surface area contributed by atoms with Crippen LogP contribution in [0.3, 0.4) is 0 Å². The largest absolute Gasteiger partial charge is 0.356 e. The lowest BCUT2D eigenvalue weighted by atomic mass is 10.0. The molecular formula is C18H22ClN3. The topological polar surface area (TPSA) is 19.4 Å². The number of aromatic nitrogens is 1. The van der Waals surface area contributed by atoms with E-state index in [0.717, 1.165) is 40.9 Å². The summed E-state index contributed by atoms with van der Waals surface area (Å²) >= 11 is 6.04. The summed E-state index contributed by atoms with van der Waals surface area (Å²) < 4.78 is 0. The molecule has 0 N–H and O–H groups in total. The Bertz CT molecular complexity index is 658. The van der Waals surface area contributed by atoms with Crippen LogP contribution in [0, 0.1) is 0 Å². The Balaban J connectivity index is 1.47. The van der Waals surface area contributed by atoms with Crippen LogP contribution in [0.5, 0.6) is 0 Å². The van der Waals surface area contributed by atoms with Crippen molar-refractivity contribution in [2.75, 3.05) is 31.1 Å². The number of pyridine rings is 1. The van der Waals surface area contributed by atoms with Crippen molar-refractivity contribution in [1.29, 1.82) is 0 Å². The molecule has 3 heterocycles. The maximum atomic E-state index is 6.04. The predicted molar refractivity (Wildman–Crippen MR) is 92.8 cm³/mol. The van der Waals surface area contributed by atoms with Gasteiger partial charge in [0.1, 0.15) is 5.82 Å². The highest BCUT2D eigenvalue weighted by molar-refractivity contribution is 6.31. The molecule has 1 aromatic carbocycles. The van der Waals surface area contributed by atoms with Crippen molar-refractivity contribution in [3.8, 4) is 0 Å². The third-order valence-electron chi connectivity index (χ3n) is 5.08. The standard InChI is InChI=1S/C18H22ClN3/c19-15-4-5-17-14(13-15)3-6-18(20-17)22-11-7-16(8-12-22)21-9-1-2-10-21/h3-6,13,16H,1-2,7-12H2. The predicted octanol–water partition coefficient (Wildman–Crippen LogP) is 3.95. The average Bonchev–Trinajstić information content (AvgIpc) is 3.09. The Morgan fingerprint density at radius 1 is 0.955 bits per heavy atom. The average molecular weight is 316 g/mol. The zero-order valence-corrected chi connectivity index (χ0v) is 13.6. The number of benzene rings is 1. The van der Waals surface area contributed by atoms with E-state index in [1.165, 1.54) is 38.8 Å². The van der Waals surface area contributed by atoms with Crippen molar-refractivity contribution < 1.29 is 0 Å². The van der Waals surface area contributed by atoms with Crippen molar-refractivity contribution >= 4 is 28.3 Å². The molecule has 0 bridgehead atoms. The fourth-order valence-corrected chi connectivity index (χ4v) is 4.01. The second kappa shape index (κ2) is 6.05. The van der Waals surface area contributed by atoms with E-state index >= 15 is 0 Å². The van der Waals surface area contributed by atoms with Crippen LogP contribution in [-0.2, 0) is 0 Å². The number of hydrogen-bond donors (Lipinski definition) is 0. The molecule has 0 atom stereocenters. The molecule has 0 spiro atoms. The molecule has 3 nitrogen and oxygen atoms in total. The van der Waals surface area contributed by atoms with Gasteiger partial charge in [0, 0.05) is 29.5 Å². The first-order chi connectivity index (χ1) is 10.8. The van der Waals surface area contributed by atoms with Gasteiger partial charge in [-0.15, -0.1) is 0 Å². The van der Waals surface area contributed by atoms with Gasteiger partial charge in [-0.3, -0.25) is 0 Å². The summed E-state index contributed by atoms with van der Waals surface area (Å²) in [5, 5.41) is 1.89. The van der Waals surface area contributed by atoms with Crippen LogP contribution in [0.2, 0.25) is 5.02 Å². The van der Waals surface area contributed by atoms with Gasteiger partial charge < -0.3 is 9.80 Å². The highest BCUT2D eigenvalue weighted by Gasteiger charge is 2.26. The molecule has 2 aliphatic heterocycles. The van der Waals surface area contributed by atoms with E-state index in [-0.39, 0.29) is 0 Å². The summed E-state index contributed by atoms with van der Waals surface area (Å²) in [6.07, 6.45) is 5.30. The number of anilines is 1. The van der Waals surface area contributed by atoms with Gasteiger partial charge in [-0.1, -0.05) is 11.6 Å². The van der Waals surface area contributed by atoms with Crippen molar-refractivity contribution in [1.82, 2.24) is 9.88 Å². The number of rotatable bonds is 2. The maximum absolute atomic E-state index is 6.04. The lowest BCUT2D eigenvalue weighted by Gasteiger charge is -2.37. The fourth-order valence-electron chi connectivity index (χ4n) is 3.83. The molecular weight excluding hydrogens is 294 g/mol. The van der Waals surface area contributed by atoms with Crippen LogP contribution in [0.1, 0.15) is 25.7 Å². The summed E-state index contributed by atoms with van der Waals surface area (Å²) in [6, 6.07) is 11.0. The molecule has 22 heavy (non-hydrogen) atoms. The number of hydrogen-bond acceptors (Lipinski definition) is 3. The Morgan fingerprint density at radius 2 is 1.73 bits per heavy atom. The van der Waals surface area contributed by atoms with Crippen molar-refractivity contribution in [2.24, 2.45) is 0 Å². The first-order valence-corrected chi connectivity index (χ1v) is 8.73. The van der Waals surface area contributed by atoms with E-state index in [9.17, 15) is 0 Å². The third kappa shape index (κ3) is 2.80. The normalized spacial score (nSPS) is 20.9. The summed E-state index contributed by atoms with van der Waals surface area (Å²) in [4.78, 5) is 9.94. The summed E-state index contributed by atoms with van der Waals surface area (Å²) in [5.74, 6) is 1.11. The molecule has 2 saturated heterocycles. The van der Waals surface area contributed by atoms with E-state index in [1.807, 2.05) is 18.2 Å². The van der Waals surface area contributed by atoms with E-state index in [1.54, 1.807) is 0 Å². The minimum Gasteiger partial charge on any atom is -0.356 e. The zero-order chi connectivity index (χ0) is 14.9. The highest BCUT2D eigenvalue weighted by atomic mass is 35.5. The van der Waals surface area contributed by atoms with Gasteiger partial charge in [0.15, 0.2) is 0 Å². The van der Waals surface area contributed by atoms with Crippen molar-refractivity contribution in [3.63, 3.8) is 0 Å². The number of fused-ring (bicyclic) bond motifs is 1. The monoisotopic (exact) mass is 315 g/mol. The minimum absolute atomic E-state index is 0.772. The van der Waals surface area contributed by atoms with Crippen LogP contribution >= 0.6 is 11.6 Å². The molecule has 116 valence electrons. The number of piperidine rings is 1. The van der Waals surface area contributed by atoms with Gasteiger partial charge in [0.25, 0.3) is 0 Å². The molecule has 4 rings (SSSR count). The van der Waals surface area contributed by atoms with Gasteiger partial charge in [0.05, 0.1) is 5.52 Å². The fraction of sp³-hybridized carbons (Fsp3) is 0.500. The van der Waals surface area contributed by atoms with Crippen LogP contribution in [0.4, 0.5) is 5.82 Å². The van der Waals surface area contributed by atoms with Crippen LogP contribution in [-0.4, -0.2) is 42.1 Å². The molecule has 2 fully saturated rings. The first kappa shape index (κ1) is 14.3. The van der Waals surface area contributed by atoms with Gasteiger partial charge >= 0.3 is 0 Å². The van der Waals surface area contributed by atoms with E-state index in [0.29, 0.717) is 0 Å². The number of likely N-dealkylation sites (tertiary alicyclic amines) is 1. The van der Waals surface area contributed by atoms with Gasteiger partial charge in [-0.25, -0.2) is 4.98 Å². The highest BCUT2D eigenvalue weighted by Crippen LogP contribution is 2.26. The van der Waals surface area contributed by atoms with Crippen LogP contribution < -0.4 is 4.90 Å².